The van der Waals surface area contributed by atoms with Crippen molar-refractivity contribution in [2.45, 2.75) is 6.04 Å². The van der Waals surface area contributed by atoms with Gasteiger partial charge >= 0.3 is 0 Å². The Morgan fingerprint density at radius 2 is 2.00 bits per heavy atom. The van der Waals surface area contributed by atoms with E-state index in [4.69, 9.17) is 10.5 Å². The molecule has 0 radical (unpaired) electrons. The minimum atomic E-state index is -0.651. The summed E-state index contributed by atoms with van der Waals surface area (Å²) in [6.07, 6.45) is 0. The van der Waals surface area contributed by atoms with E-state index in [1.54, 1.807) is 0 Å². The third-order valence-corrected chi connectivity index (χ3v) is 2.70. The van der Waals surface area contributed by atoms with Crippen molar-refractivity contribution in [1.29, 1.82) is 0 Å². The van der Waals surface area contributed by atoms with Gasteiger partial charge in [-0.15, -0.1) is 0 Å². The van der Waals surface area contributed by atoms with Crippen molar-refractivity contribution in [2.75, 3.05) is 19.0 Å². The molecule has 3 N–H and O–H groups in total. The number of benzene rings is 2. The van der Waals surface area contributed by atoms with Crippen LogP contribution in [-0.4, -0.2) is 25.7 Å². The Morgan fingerprint density at radius 1 is 1.28 bits per heavy atom. The number of amides is 1. The zero-order valence-corrected chi connectivity index (χ0v) is 10.2. The van der Waals surface area contributed by atoms with Crippen molar-refractivity contribution in [3.8, 4) is 0 Å². The molecule has 0 saturated carbocycles. The van der Waals surface area contributed by atoms with Gasteiger partial charge in [-0.2, -0.15) is 0 Å². The highest BCUT2D eigenvalue weighted by Gasteiger charge is 2.12. The number of nitrogens with one attached hydrogen (secondary N) is 1. The predicted octanol–water partition coefficient (Wildman–Crippen LogP) is 1.75. The first-order chi connectivity index (χ1) is 8.70. The van der Waals surface area contributed by atoms with Crippen LogP contribution in [0.25, 0.3) is 10.8 Å². The third kappa shape index (κ3) is 2.85. The van der Waals surface area contributed by atoms with Crippen LogP contribution in [0, 0.1) is 0 Å². The van der Waals surface area contributed by atoms with Gasteiger partial charge in [0.25, 0.3) is 0 Å². The summed E-state index contributed by atoms with van der Waals surface area (Å²) in [5.41, 5.74) is 6.39. The average Bonchev–Trinajstić information content (AvgIpc) is 2.39. The van der Waals surface area contributed by atoms with E-state index in [0.717, 1.165) is 16.5 Å². The number of carbonyl (C=O) groups is 1. The van der Waals surface area contributed by atoms with Crippen LogP contribution in [-0.2, 0) is 9.53 Å². The SMILES string of the molecule is COCC(N)C(=O)Nc1ccc2ccccc2c1. The third-order valence-electron chi connectivity index (χ3n) is 2.70. The van der Waals surface area contributed by atoms with Crippen LogP contribution < -0.4 is 11.1 Å². The van der Waals surface area contributed by atoms with Gasteiger partial charge in [0.15, 0.2) is 0 Å². The first kappa shape index (κ1) is 12.5. The molecule has 4 heteroatoms. The summed E-state index contributed by atoms with van der Waals surface area (Å²) in [5, 5.41) is 4.99. The number of ether oxygens (including phenoxy) is 1. The maximum atomic E-state index is 11.7. The summed E-state index contributed by atoms with van der Waals surface area (Å²) in [6.45, 7) is 0.208. The lowest BCUT2D eigenvalue weighted by molar-refractivity contribution is -0.118. The molecular formula is C14H16N2O2. The van der Waals surface area contributed by atoms with Crippen molar-refractivity contribution < 1.29 is 9.53 Å². The molecule has 0 aliphatic rings. The molecule has 0 fully saturated rings. The first-order valence-electron chi connectivity index (χ1n) is 5.75. The van der Waals surface area contributed by atoms with E-state index in [9.17, 15) is 4.79 Å². The largest absolute Gasteiger partial charge is 0.383 e. The zero-order chi connectivity index (χ0) is 13.0. The second kappa shape index (κ2) is 5.62. The lowest BCUT2D eigenvalue weighted by Gasteiger charge is -2.11. The van der Waals surface area contributed by atoms with Crippen molar-refractivity contribution in [2.24, 2.45) is 5.73 Å². The lowest BCUT2D eigenvalue weighted by Crippen LogP contribution is -2.39. The van der Waals surface area contributed by atoms with E-state index >= 15 is 0 Å². The molecule has 1 atom stereocenters. The number of nitrogens with two attached hydrogens (primary N) is 1. The van der Waals surface area contributed by atoms with Gasteiger partial charge in [0.1, 0.15) is 6.04 Å². The van der Waals surface area contributed by atoms with Crippen LogP contribution >= 0.6 is 0 Å². The molecule has 18 heavy (non-hydrogen) atoms. The minimum Gasteiger partial charge on any atom is -0.383 e. The van der Waals surface area contributed by atoms with Gasteiger partial charge in [-0.3, -0.25) is 4.79 Å². The van der Waals surface area contributed by atoms with Gasteiger partial charge < -0.3 is 15.8 Å². The van der Waals surface area contributed by atoms with Crippen molar-refractivity contribution in [3.05, 3.63) is 42.5 Å². The molecule has 94 valence electrons. The van der Waals surface area contributed by atoms with Crippen LogP contribution in [0.5, 0.6) is 0 Å². The number of anilines is 1. The molecule has 0 aliphatic heterocycles. The standard InChI is InChI=1S/C14H16N2O2/c1-18-9-13(15)14(17)16-12-7-6-10-4-2-3-5-11(10)8-12/h2-8,13H,9,15H2,1H3,(H,16,17). The predicted molar refractivity (Wildman–Crippen MR) is 72.4 cm³/mol. The Bertz CT molecular complexity index is 554. The molecule has 2 aromatic carbocycles. The molecular weight excluding hydrogens is 228 g/mol. The number of hydrogen-bond acceptors (Lipinski definition) is 3. The quantitative estimate of drug-likeness (QED) is 0.861. The molecule has 4 nitrogen and oxygen atoms in total. The Morgan fingerprint density at radius 3 is 2.72 bits per heavy atom. The van der Waals surface area contributed by atoms with E-state index in [0.29, 0.717) is 0 Å². The number of rotatable bonds is 4. The highest BCUT2D eigenvalue weighted by molar-refractivity contribution is 5.97. The number of fused-ring (bicyclic) bond motifs is 1. The fourth-order valence-corrected chi connectivity index (χ4v) is 1.76. The molecule has 0 heterocycles. The van der Waals surface area contributed by atoms with E-state index < -0.39 is 6.04 Å². The summed E-state index contributed by atoms with van der Waals surface area (Å²) in [4.78, 5) is 11.7. The second-order valence-corrected chi connectivity index (χ2v) is 4.11. The molecule has 0 bridgehead atoms. The van der Waals surface area contributed by atoms with Gasteiger partial charge in [-0.1, -0.05) is 30.3 Å². The second-order valence-electron chi connectivity index (χ2n) is 4.11. The number of hydrogen-bond donors (Lipinski definition) is 2. The smallest absolute Gasteiger partial charge is 0.243 e. The van der Waals surface area contributed by atoms with E-state index in [-0.39, 0.29) is 12.5 Å². The molecule has 0 aromatic heterocycles. The summed E-state index contributed by atoms with van der Waals surface area (Å²) in [5.74, 6) is -0.243. The number of methoxy groups -OCH3 is 1. The lowest BCUT2D eigenvalue weighted by atomic mass is 10.1. The first-order valence-corrected chi connectivity index (χ1v) is 5.75. The van der Waals surface area contributed by atoms with Gasteiger partial charge in [0, 0.05) is 12.8 Å². The van der Waals surface area contributed by atoms with E-state index in [1.807, 2.05) is 42.5 Å². The van der Waals surface area contributed by atoms with Crippen LogP contribution in [0.3, 0.4) is 0 Å². The van der Waals surface area contributed by atoms with Gasteiger partial charge in [0.2, 0.25) is 5.91 Å². The normalized spacial score (nSPS) is 12.3. The molecule has 1 unspecified atom stereocenters. The van der Waals surface area contributed by atoms with Crippen LogP contribution in [0.15, 0.2) is 42.5 Å². The average molecular weight is 244 g/mol. The minimum absolute atomic E-state index is 0.208. The maximum Gasteiger partial charge on any atom is 0.243 e. The molecule has 0 saturated heterocycles. The highest BCUT2D eigenvalue weighted by atomic mass is 16.5. The van der Waals surface area contributed by atoms with Crippen LogP contribution in [0.4, 0.5) is 5.69 Å². The molecule has 2 aromatic rings. The zero-order valence-electron chi connectivity index (χ0n) is 10.2. The fraction of sp³-hybridized carbons (Fsp3) is 0.214. The summed E-state index contributed by atoms with van der Waals surface area (Å²) >= 11 is 0. The van der Waals surface area contributed by atoms with Crippen LogP contribution in [0.1, 0.15) is 0 Å². The van der Waals surface area contributed by atoms with E-state index in [2.05, 4.69) is 5.32 Å². The highest BCUT2D eigenvalue weighted by Crippen LogP contribution is 2.18. The Balaban J connectivity index is 2.14. The fourth-order valence-electron chi connectivity index (χ4n) is 1.76. The van der Waals surface area contributed by atoms with Crippen molar-refractivity contribution >= 4 is 22.4 Å². The Hall–Kier alpha value is -1.91. The van der Waals surface area contributed by atoms with Gasteiger partial charge in [-0.05, 0) is 22.9 Å². The Kier molecular flexibility index (Phi) is 3.92. The summed E-state index contributed by atoms with van der Waals surface area (Å²) < 4.78 is 4.85. The Labute approximate surface area is 106 Å². The van der Waals surface area contributed by atoms with Crippen molar-refractivity contribution in [3.63, 3.8) is 0 Å². The van der Waals surface area contributed by atoms with Gasteiger partial charge in [0.05, 0.1) is 6.61 Å². The van der Waals surface area contributed by atoms with Crippen LogP contribution in [0.2, 0.25) is 0 Å². The maximum absolute atomic E-state index is 11.7. The monoisotopic (exact) mass is 244 g/mol. The number of carbonyl (C=O) groups excluding carboxylic acids is 1. The van der Waals surface area contributed by atoms with Gasteiger partial charge in [-0.25, -0.2) is 0 Å². The van der Waals surface area contributed by atoms with E-state index in [1.165, 1.54) is 7.11 Å². The van der Waals surface area contributed by atoms with Crippen molar-refractivity contribution in [1.82, 2.24) is 0 Å². The molecule has 2 rings (SSSR count). The molecule has 0 aliphatic carbocycles. The molecule has 0 spiro atoms. The molecule has 1 amide bonds. The summed E-state index contributed by atoms with van der Waals surface area (Å²) in [6, 6.07) is 13.1. The summed E-state index contributed by atoms with van der Waals surface area (Å²) in [7, 11) is 1.52. The topological polar surface area (TPSA) is 64.3 Å².